The van der Waals surface area contributed by atoms with Crippen LogP contribution in [0.25, 0.3) is 11.0 Å². The van der Waals surface area contributed by atoms with Crippen molar-refractivity contribution in [3.05, 3.63) is 30.1 Å². The van der Waals surface area contributed by atoms with Crippen molar-refractivity contribution in [3.8, 4) is 0 Å². The fourth-order valence-corrected chi connectivity index (χ4v) is 2.31. The highest BCUT2D eigenvalue weighted by Gasteiger charge is 2.22. The summed E-state index contributed by atoms with van der Waals surface area (Å²) in [5, 5.41) is 0. The lowest BCUT2D eigenvalue weighted by Crippen LogP contribution is -2.28. The highest BCUT2D eigenvalue weighted by Crippen LogP contribution is 2.19. The zero-order valence-corrected chi connectivity index (χ0v) is 15.0. The van der Waals surface area contributed by atoms with Gasteiger partial charge < -0.3 is 9.47 Å². The van der Waals surface area contributed by atoms with Crippen molar-refractivity contribution in [2.45, 2.75) is 39.2 Å². The highest BCUT2D eigenvalue weighted by atomic mass is 32.1. The lowest BCUT2D eigenvalue weighted by atomic mass is 10.2. The normalized spacial score (nSPS) is 11.5. The van der Waals surface area contributed by atoms with Gasteiger partial charge in [-0.1, -0.05) is 12.1 Å². The molecule has 130 valence electrons. The molecule has 2 rings (SSSR count). The van der Waals surface area contributed by atoms with Crippen LogP contribution in [0.4, 0.5) is 4.79 Å². The van der Waals surface area contributed by atoms with E-state index in [9.17, 15) is 9.59 Å². The smallest absolute Gasteiger partial charge is 0.420 e. The van der Waals surface area contributed by atoms with Crippen LogP contribution in [0.2, 0.25) is 0 Å². The molecule has 1 aromatic heterocycles. The Bertz CT molecular complexity index is 734. The maximum Gasteiger partial charge on any atom is 0.420 e. The first-order valence-corrected chi connectivity index (χ1v) is 8.41. The van der Waals surface area contributed by atoms with Crippen LogP contribution in [0.1, 0.15) is 33.0 Å². The van der Waals surface area contributed by atoms with E-state index in [-0.39, 0.29) is 18.3 Å². The van der Waals surface area contributed by atoms with E-state index < -0.39 is 11.7 Å². The van der Waals surface area contributed by atoms with Crippen LogP contribution in [0.15, 0.2) is 24.3 Å². The van der Waals surface area contributed by atoms with Crippen molar-refractivity contribution >= 4 is 35.7 Å². The Balaban J connectivity index is 2.20. The van der Waals surface area contributed by atoms with Gasteiger partial charge in [0, 0.05) is 6.42 Å². The number of fused-ring (bicyclic) bond motifs is 1. The lowest BCUT2D eigenvalue weighted by molar-refractivity contribution is -0.140. The number of benzene rings is 1. The van der Waals surface area contributed by atoms with E-state index in [0.717, 1.165) is 5.52 Å². The number of carbonyl (C=O) groups excluding carboxylic acids is 2. The standard InChI is InChI=1S/C17H22N2O4S/c1-17(2,3)23-16(21)19-13-8-5-4-7-12(13)18-14(19)9-6-10-22-15(20)11-24/h4-5,7-8,24H,6,9-11H2,1-3H3. The quantitative estimate of drug-likeness (QED) is 0.509. The summed E-state index contributed by atoms with van der Waals surface area (Å²) in [6.07, 6.45) is 0.595. The van der Waals surface area contributed by atoms with Crippen molar-refractivity contribution < 1.29 is 19.1 Å². The van der Waals surface area contributed by atoms with E-state index in [1.807, 2.05) is 45.0 Å². The third-order valence-corrected chi connectivity index (χ3v) is 3.40. The molecule has 0 aliphatic rings. The van der Waals surface area contributed by atoms with Crippen LogP contribution in [0.5, 0.6) is 0 Å². The molecule has 7 heteroatoms. The first-order valence-electron chi connectivity index (χ1n) is 7.78. The number of esters is 1. The average Bonchev–Trinajstić information content (AvgIpc) is 2.87. The molecule has 0 fully saturated rings. The Hall–Kier alpha value is -2.02. The molecule has 6 nitrogen and oxygen atoms in total. The van der Waals surface area contributed by atoms with E-state index >= 15 is 0 Å². The molecule has 0 N–H and O–H groups in total. The van der Waals surface area contributed by atoms with Crippen molar-refractivity contribution in [2.75, 3.05) is 12.4 Å². The summed E-state index contributed by atoms with van der Waals surface area (Å²) in [5.41, 5.74) is 0.835. The molecule has 0 bridgehead atoms. The molecule has 0 atom stereocenters. The predicted molar refractivity (Wildman–Crippen MR) is 94.5 cm³/mol. The molecule has 1 heterocycles. The molecule has 0 unspecified atom stereocenters. The second-order valence-corrected chi connectivity index (χ2v) is 6.63. The van der Waals surface area contributed by atoms with Crippen LogP contribution >= 0.6 is 12.6 Å². The summed E-state index contributed by atoms with van der Waals surface area (Å²) >= 11 is 3.85. The number of imidazole rings is 1. The predicted octanol–water partition coefficient (Wildman–Crippen LogP) is 3.23. The highest BCUT2D eigenvalue weighted by molar-refractivity contribution is 7.81. The topological polar surface area (TPSA) is 70.4 Å². The fourth-order valence-electron chi connectivity index (χ4n) is 2.22. The van der Waals surface area contributed by atoms with E-state index in [2.05, 4.69) is 17.6 Å². The molecule has 1 aromatic carbocycles. The van der Waals surface area contributed by atoms with Gasteiger partial charge in [0.05, 0.1) is 23.4 Å². The Kier molecular flexibility index (Phi) is 5.88. The Morgan fingerprint density at radius 3 is 2.62 bits per heavy atom. The number of carbonyl (C=O) groups is 2. The van der Waals surface area contributed by atoms with Gasteiger partial charge in [-0.05, 0) is 39.3 Å². The van der Waals surface area contributed by atoms with Crippen LogP contribution in [-0.2, 0) is 20.7 Å². The first-order chi connectivity index (χ1) is 11.3. The van der Waals surface area contributed by atoms with Gasteiger partial charge in [0.15, 0.2) is 0 Å². The van der Waals surface area contributed by atoms with Crippen LogP contribution in [0.3, 0.4) is 0 Å². The van der Waals surface area contributed by atoms with Gasteiger partial charge in [-0.2, -0.15) is 12.6 Å². The van der Waals surface area contributed by atoms with E-state index in [4.69, 9.17) is 9.47 Å². The van der Waals surface area contributed by atoms with Crippen molar-refractivity contribution in [3.63, 3.8) is 0 Å². The second-order valence-electron chi connectivity index (χ2n) is 6.31. The number of thiol groups is 1. The number of para-hydroxylation sites is 2. The van der Waals surface area contributed by atoms with Crippen LogP contribution in [-0.4, -0.2) is 39.6 Å². The molecule has 0 spiro atoms. The summed E-state index contributed by atoms with van der Waals surface area (Å²) in [6, 6.07) is 7.40. The second kappa shape index (κ2) is 7.70. The summed E-state index contributed by atoms with van der Waals surface area (Å²) in [4.78, 5) is 28.2. The molecular weight excluding hydrogens is 328 g/mol. The average molecular weight is 350 g/mol. The molecule has 0 aliphatic carbocycles. The summed E-state index contributed by atoms with van der Waals surface area (Å²) in [5.74, 6) is 0.280. The number of aromatic nitrogens is 2. The number of nitrogens with zero attached hydrogens (tertiary/aromatic N) is 2. The molecule has 0 aliphatic heterocycles. The number of ether oxygens (including phenoxy) is 2. The van der Waals surface area contributed by atoms with Crippen molar-refractivity contribution in [2.24, 2.45) is 0 Å². The minimum absolute atomic E-state index is 0.0520. The van der Waals surface area contributed by atoms with Gasteiger partial charge in [0.25, 0.3) is 0 Å². The SMILES string of the molecule is CC(C)(C)OC(=O)n1c(CCCOC(=O)CS)nc2ccccc21. The minimum atomic E-state index is -0.595. The lowest BCUT2D eigenvalue weighted by Gasteiger charge is -2.20. The third-order valence-electron chi connectivity index (χ3n) is 3.14. The van der Waals surface area contributed by atoms with E-state index in [0.29, 0.717) is 24.2 Å². The van der Waals surface area contributed by atoms with E-state index in [1.54, 1.807) is 0 Å². The van der Waals surface area contributed by atoms with Crippen molar-refractivity contribution in [1.29, 1.82) is 0 Å². The minimum Gasteiger partial charge on any atom is -0.465 e. The number of aryl methyl sites for hydroxylation is 1. The summed E-state index contributed by atoms with van der Waals surface area (Å²) < 4.78 is 12.0. The molecule has 0 saturated heterocycles. The maximum atomic E-state index is 12.5. The maximum absolute atomic E-state index is 12.5. The molecule has 0 amide bonds. The Morgan fingerprint density at radius 2 is 1.96 bits per heavy atom. The van der Waals surface area contributed by atoms with Gasteiger partial charge >= 0.3 is 12.1 Å². The largest absolute Gasteiger partial charge is 0.465 e. The van der Waals surface area contributed by atoms with Gasteiger partial charge in [0.2, 0.25) is 0 Å². The summed E-state index contributed by atoms with van der Waals surface area (Å²) in [6.45, 7) is 5.72. The monoisotopic (exact) mass is 350 g/mol. The zero-order chi connectivity index (χ0) is 17.7. The van der Waals surface area contributed by atoms with Gasteiger partial charge in [-0.15, -0.1) is 0 Å². The molecule has 24 heavy (non-hydrogen) atoms. The van der Waals surface area contributed by atoms with Crippen LogP contribution in [0, 0.1) is 0 Å². The van der Waals surface area contributed by atoms with Gasteiger partial charge in [-0.3, -0.25) is 4.79 Å². The molecule has 0 saturated carbocycles. The third kappa shape index (κ3) is 4.74. The zero-order valence-electron chi connectivity index (χ0n) is 14.1. The molecule has 2 aromatic rings. The number of hydrogen-bond acceptors (Lipinski definition) is 6. The number of rotatable bonds is 5. The summed E-state index contributed by atoms with van der Waals surface area (Å²) in [7, 11) is 0. The molecule has 0 radical (unpaired) electrons. The molecular formula is C17H22N2O4S. The fraction of sp³-hybridized carbons (Fsp3) is 0.471. The first kappa shape index (κ1) is 18.3. The Labute approximate surface area is 146 Å². The van der Waals surface area contributed by atoms with E-state index in [1.165, 1.54) is 4.57 Å². The van der Waals surface area contributed by atoms with Crippen molar-refractivity contribution in [1.82, 2.24) is 9.55 Å². The van der Waals surface area contributed by atoms with Gasteiger partial charge in [0.1, 0.15) is 11.4 Å². The van der Waals surface area contributed by atoms with Gasteiger partial charge in [-0.25, -0.2) is 14.3 Å². The number of hydrogen-bond donors (Lipinski definition) is 1. The Morgan fingerprint density at radius 1 is 1.25 bits per heavy atom. The van der Waals surface area contributed by atoms with Crippen LogP contribution < -0.4 is 0 Å².